The largest absolute Gasteiger partial charge is 0.366 e. The number of aromatic nitrogens is 4. The predicted octanol–water partition coefficient (Wildman–Crippen LogP) is 3.29. The van der Waals surface area contributed by atoms with Gasteiger partial charge in [0.05, 0.1) is 6.42 Å². The molecular formula is C20H24N6O. The fraction of sp³-hybridized carbons (Fsp3) is 0.300. The molecule has 1 amide bonds. The minimum Gasteiger partial charge on any atom is -0.366 e. The second kappa shape index (κ2) is 7.99. The molecule has 0 atom stereocenters. The molecule has 3 rings (SSSR count). The number of hydrogen-bond acceptors (Lipinski definition) is 5. The normalized spacial score (nSPS) is 11.2. The molecule has 0 unspecified atom stereocenters. The van der Waals surface area contributed by atoms with Crippen LogP contribution >= 0.6 is 0 Å². The number of pyridine rings is 2. The number of nitrogens with one attached hydrogen (secondary N) is 3. The molecule has 0 aliphatic carbocycles. The van der Waals surface area contributed by atoms with E-state index in [0.717, 1.165) is 16.8 Å². The number of carbonyl (C=O) groups excluding carboxylic acids is 1. The van der Waals surface area contributed by atoms with Crippen molar-refractivity contribution in [1.82, 2.24) is 20.2 Å². The number of H-pyrrole nitrogens is 1. The smallest absolute Gasteiger partial charge is 0.230 e. The van der Waals surface area contributed by atoms with Crippen molar-refractivity contribution >= 4 is 17.5 Å². The molecule has 0 aliphatic heterocycles. The number of hydrogen-bond donors (Lipinski definition) is 3. The average Bonchev–Trinajstić information content (AvgIpc) is 3.10. The van der Waals surface area contributed by atoms with Gasteiger partial charge in [-0.05, 0) is 23.8 Å². The molecule has 0 aliphatic rings. The molecule has 3 aromatic rings. The molecule has 3 aromatic heterocycles. The van der Waals surface area contributed by atoms with Crippen molar-refractivity contribution in [3.05, 3.63) is 65.7 Å². The molecule has 7 heteroatoms. The third kappa shape index (κ3) is 5.13. The maximum absolute atomic E-state index is 12.4. The van der Waals surface area contributed by atoms with Crippen LogP contribution in [0.5, 0.6) is 0 Å². The summed E-state index contributed by atoms with van der Waals surface area (Å²) in [5.74, 6) is 1.09. The monoisotopic (exact) mass is 364 g/mol. The van der Waals surface area contributed by atoms with E-state index in [1.165, 1.54) is 0 Å². The molecular weight excluding hydrogens is 340 g/mol. The topological polar surface area (TPSA) is 95.6 Å². The molecule has 3 N–H and O–H groups in total. The summed E-state index contributed by atoms with van der Waals surface area (Å²) in [7, 11) is 0. The second-order valence-electron chi connectivity index (χ2n) is 7.36. The Morgan fingerprint density at radius 2 is 1.93 bits per heavy atom. The Hall–Kier alpha value is -3.22. The van der Waals surface area contributed by atoms with Gasteiger partial charge < -0.3 is 10.6 Å². The predicted molar refractivity (Wildman–Crippen MR) is 105 cm³/mol. The van der Waals surface area contributed by atoms with E-state index in [2.05, 4.69) is 51.6 Å². The maximum Gasteiger partial charge on any atom is 0.230 e. The van der Waals surface area contributed by atoms with E-state index in [1.54, 1.807) is 18.6 Å². The lowest BCUT2D eigenvalue weighted by Crippen LogP contribution is -2.16. The molecule has 0 bridgehead atoms. The fourth-order valence-corrected chi connectivity index (χ4v) is 2.56. The van der Waals surface area contributed by atoms with Crippen LogP contribution in [0.2, 0.25) is 0 Å². The number of nitrogens with zero attached hydrogens (tertiary/aromatic N) is 3. The molecule has 3 heterocycles. The van der Waals surface area contributed by atoms with Crippen LogP contribution in [0.3, 0.4) is 0 Å². The third-order valence-electron chi connectivity index (χ3n) is 4.10. The van der Waals surface area contributed by atoms with E-state index < -0.39 is 0 Å². The van der Waals surface area contributed by atoms with Crippen molar-refractivity contribution < 1.29 is 4.79 Å². The molecule has 0 aromatic carbocycles. The lowest BCUT2D eigenvalue weighted by atomic mass is 9.92. The summed E-state index contributed by atoms with van der Waals surface area (Å²) in [5.41, 5.74) is 2.84. The van der Waals surface area contributed by atoms with Crippen LogP contribution in [0, 0.1) is 0 Å². The van der Waals surface area contributed by atoms with Crippen LogP contribution in [0.1, 0.15) is 37.6 Å². The Bertz CT molecular complexity index is 898. The van der Waals surface area contributed by atoms with Crippen LogP contribution < -0.4 is 10.6 Å². The SMILES string of the molecule is CC(C)(C)c1cc(NC(=O)Cc2cccnc2NCc2ccncc2)n[nH]1. The zero-order valence-electron chi connectivity index (χ0n) is 15.8. The summed E-state index contributed by atoms with van der Waals surface area (Å²) in [5, 5.41) is 13.3. The average molecular weight is 364 g/mol. The molecule has 0 saturated heterocycles. The quantitative estimate of drug-likeness (QED) is 0.624. The first-order valence-corrected chi connectivity index (χ1v) is 8.84. The van der Waals surface area contributed by atoms with E-state index in [1.807, 2.05) is 30.3 Å². The van der Waals surface area contributed by atoms with Gasteiger partial charge in [0.1, 0.15) is 5.82 Å². The number of rotatable bonds is 6. The van der Waals surface area contributed by atoms with Gasteiger partial charge in [0, 0.05) is 47.9 Å². The molecule has 0 spiro atoms. The van der Waals surface area contributed by atoms with Crippen LogP contribution in [0.15, 0.2) is 48.9 Å². The van der Waals surface area contributed by atoms with E-state index in [9.17, 15) is 4.79 Å². The minimum atomic E-state index is -0.137. The van der Waals surface area contributed by atoms with Crippen molar-refractivity contribution in [3.8, 4) is 0 Å². The van der Waals surface area contributed by atoms with Gasteiger partial charge in [0.15, 0.2) is 5.82 Å². The van der Waals surface area contributed by atoms with Crippen molar-refractivity contribution in [2.45, 2.75) is 39.2 Å². The van der Waals surface area contributed by atoms with Gasteiger partial charge in [-0.2, -0.15) is 5.10 Å². The maximum atomic E-state index is 12.4. The minimum absolute atomic E-state index is 0.0522. The van der Waals surface area contributed by atoms with Crippen LogP contribution in [0.25, 0.3) is 0 Å². The Balaban J connectivity index is 1.63. The highest BCUT2D eigenvalue weighted by molar-refractivity contribution is 5.92. The lowest BCUT2D eigenvalue weighted by Gasteiger charge is -2.14. The van der Waals surface area contributed by atoms with Gasteiger partial charge in [-0.1, -0.05) is 26.8 Å². The third-order valence-corrected chi connectivity index (χ3v) is 4.10. The van der Waals surface area contributed by atoms with Gasteiger partial charge >= 0.3 is 0 Å². The van der Waals surface area contributed by atoms with Gasteiger partial charge in [-0.3, -0.25) is 14.9 Å². The molecule has 140 valence electrons. The van der Waals surface area contributed by atoms with Crippen LogP contribution in [-0.4, -0.2) is 26.1 Å². The standard InChI is InChI=1S/C20H24N6O/c1-20(2,3)16-12-17(26-25-16)24-18(27)11-15-5-4-8-22-19(15)23-13-14-6-9-21-10-7-14/h4-10,12H,11,13H2,1-3H3,(H,22,23)(H2,24,25,26,27). The van der Waals surface area contributed by atoms with Crippen molar-refractivity contribution in [3.63, 3.8) is 0 Å². The number of anilines is 2. The van der Waals surface area contributed by atoms with E-state index in [0.29, 0.717) is 18.2 Å². The van der Waals surface area contributed by atoms with E-state index in [4.69, 9.17) is 0 Å². The number of aromatic amines is 1. The molecule has 0 fully saturated rings. The number of carbonyl (C=O) groups is 1. The molecule has 0 radical (unpaired) electrons. The highest BCUT2D eigenvalue weighted by atomic mass is 16.1. The Kier molecular flexibility index (Phi) is 5.49. The zero-order chi connectivity index (χ0) is 19.3. The summed E-state index contributed by atoms with van der Waals surface area (Å²) in [6.45, 7) is 6.87. The molecule has 27 heavy (non-hydrogen) atoms. The fourth-order valence-electron chi connectivity index (χ4n) is 2.56. The zero-order valence-corrected chi connectivity index (χ0v) is 15.8. The number of amides is 1. The second-order valence-corrected chi connectivity index (χ2v) is 7.36. The highest BCUT2D eigenvalue weighted by Crippen LogP contribution is 2.22. The van der Waals surface area contributed by atoms with Crippen molar-refractivity contribution in [2.24, 2.45) is 0 Å². The highest BCUT2D eigenvalue weighted by Gasteiger charge is 2.17. The van der Waals surface area contributed by atoms with Crippen LogP contribution in [0.4, 0.5) is 11.6 Å². The first kappa shape index (κ1) is 18.6. The summed E-state index contributed by atoms with van der Waals surface area (Å²) in [6, 6.07) is 9.46. The van der Waals surface area contributed by atoms with Gasteiger partial charge in [0.2, 0.25) is 5.91 Å². The van der Waals surface area contributed by atoms with E-state index >= 15 is 0 Å². The molecule has 7 nitrogen and oxygen atoms in total. The van der Waals surface area contributed by atoms with Gasteiger partial charge in [-0.15, -0.1) is 0 Å². The summed E-state index contributed by atoms with van der Waals surface area (Å²) < 4.78 is 0. The first-order chi connectivity index (χ1) is 12.9. The summed E-state index contributed by atoms with van der Waals surface area (Å²) in [6.07, 6.45) is 5.42. The lowest BCUT2D eigenvalue weighted by molar-refractivity contribution is -0.115. The summed E-state index contributed by atoms with van der Waals surface area (Å²) >= 11 is 0. The summed E-state index contributed by atoms with van der Waals surface area (Å²) in [4.78, 5) is 20.8. The van der Waals surface area contributed by atoms with Crippen LogP contribution in [-0.2, 0) is 23.2 Å². The van der Waals surface area contributed by atoms with E-state index in [-0.39, 0.29) is 17.7 Å². The van der Waals surface area contributed by atoms with Crippen molar-refractivity contribution in [1.29, 1.82) is 0 Å². The van der Waals surface area contributed by atoms with Gasteiger partial charge in [-0.25, -0.2) is 4.98 Å². The first-order valence-electron chi connectivity index (χ1n) is 8.84. The molecule has 0 saturated carbocycles. The van der Waals surface area contributed by atoms with Gasteiger partial charge in [0.25, 0.3) is 0 Å². The van der Waals surface area contributed by atoms with Crippen molar-refractivity contribution in [2.75, 3.05) is 10.6 Å². The Morgan fingerprint density at radius 1 is 1.15 bits per heavy atom. The Labute approximate surface area is 158 Å². The Morgan fingerprint density at radius 3 is 2.63 bits per heavy atom.